The number of dihydropyridines is 1. The summed E-state index contributed by atoms with van der Waals surface area (Å²) in [6.45, 7) is 1.95. The zero-order valence-electron chi connectivity index (χ0n) is 14.7. The molecule has 0 aliphatic carbocycles. The fourth-order valence-electron chi connectivity index (χ4n) is 3.38. The van der Waals surface area contributed by atoms with E-state index in [1.165, 1.54) is 0 Å². The third-order valence-corrected chi connectivity index (χ3v) is 5.38. The highest BCUT2D eigenvalue weighted by Crippen LogP contribution is 2.35. The Labute approximate surface area is 158 Å². The van der Waals surface area contributed by atoms with E-state index in [0.29, 0.717) is 13.1 Å². The van der Waals surface area contributed by atoms with Gasteiger partial charge in [0.1, 0.15) is 5.82 Å². The monoisotopic (exact) mass is 363 g/mol. The molecular weight excluding hydrogens is 342 g/mol. The summed E-state index contributed by atoms with van der Waals surface area (Å²) in [4.78, 5) is 18.2. The maximum Gasteiger partial charge on any atom is 0.330 e. The molecule has 2 heterocycles. The Morgan fingerprint density at radius 1 is 1.08 bits per heavy atom. The Kier molecular flexibility index (Phi) is 4.71. The van der Waals surface area contributed by atoms with Crippen LogP contribution in [0.1, 0.15) is 5.56 Å². The van der Waals surface area contributed by atoms with Crippen LogP contribution in [0, 0.1) is 0 Å². The number of carbonyl (C=O) groups excluding carboxylic acids is 1. The fourth-order valence-corrected chi connectivity index (χ4v) is 3.96. The van der Waals surface area contributed by atoms with E-state index in [2.05, 4.69) is 35.7 Å². The fraction of sp³-hybridized carbons (Fsp3) is 0.190. The molecule has 0 aromatic heterocycles. The number of urea groups is 1. The summed E-state index contributed by atoms with van der Waals surface area (Å²) in [5, 5.41) is 3.40. The summed E-state index contributed by atoms with van der Waals surface area (Å²) in [7, 11) is 0. The van der Waals surface area contributed by atoms with Crippen molar-refractivity contribution in [2.24, 2.45) is 0 Å². The number of benzene rings is 2. The van der Waals surface area contributed by atoms with Crippen LogP contribution in [0.2, 0.25) is 0 Å². The third-order valence-electron chi connectivity index (χ3n) is 4.60. The summed E-state index contributed by atoms with van der Waals surface area (Å²) in [5.74, 6) is 0.906. The lowest BCUT2D eigenvalue weighted by atomic mass is 10.1. The Bertz CT molecular complexity index is 876. The van der Waals surface area contributed by atoms with Crippen molar-refractivity contribution in [3.8, 4) is 0 Å². The molecule has 0 unspecified atom stereocenters. The van der Waals surface area contributed by atoms with Crippen LogP contribution in [0.4, 0.5) is 10.5 Å². The third kappa shape index (κ3) is 3.10. The number of amides is 2. The van der Waals surface area contributed by atoms with Crippen LogP contribution >= 0.6 is 11.8 Å². The first kappa shape index (κ1) is 16.8. The highest BCUT2D eigenvalue weighted by atomic mass is 32.2. The van der Waals surface area contributed by atoms with Gasteiger partial charge in [-0.3, -0.25) is 0 Å². The molecule has 1 N–H and O–H groups in total. The van der Waals surface area contributed by atoms with Crippen LogP contribution in [0.5, 0.6) is 0 Å². The number of carbonyl (C=O) groups is 1. The molecule has 0 atom stereocenters. The van der Waals surface area contributed by atoms with E-state index in [4.69, 9.17) is 0 Å². The second-order valence-electron chi connectivity index (χ2n) is 6.29. The highest BCUT2D eigenvalue weighted by Gasteiger charge is 2.34. The quantitative estimate of drug-likeness (QED) is 0.826. The number of anilines is 1. The van der Waals surface area contributed by atoms with Crippen LogP contribution < -0.4 is 10.2 Å². The van der Waals surface area contributed by atoms with Crippen LogP contribution in [0.3, 0.4) is 0 Å². The predicted molar refractivity (Wildman–Crippen MR) is 107 cm³/mol. The topological polar surface area (TPSA) is 35.6 Å². The maximum absolute atomic E-state index is 13.4. The van der Waals surface area contributed by atoms with Crippen LogP contribution in [-0.2, 0) is 6.54 Å². The second-order valence-corrected chi connectivity index (χ2v) is 7.14. The molecule has 26 heavy (non-hydrogen) atoms. The summed E-state index contributed by atoms with van der Waals surface area (Å²) >= 11 is 1.65. The minimum Gasteiger partial charge on any atom is -0.367 e. The van der Waals surface area contributed by atoms with Crippen molar-refractivity contribution in [2.75, 3.05) is 24.2 Å². The summed E-state index contributed by atoms with van der Waals surface area (Å²) < 4.78 is 0. The van der Waals surface area contributed by atoms with Gasteiger partial charge in [0.15, 0.2) is 0 Å². The Balaban J connectivity index is 1.75. The molecule has 2 aliphatic heterocycles. The van der Waals surface area contributed by atoms with Gasteiger partial charge in [0.25, 0.3) is 0 Å². The van der Waals surface area contributed by atoms with Gasteiger partial charge in [-0.15, -0.1) is 11.8 Å². The average Bonchev–Trinajstić information content (AvgIpc) is 2.69. The van der Waals surface area contributed by atoms with E-state index in [1.807, 2.05) is 52.5 Å². The molecule has 0 fully saturated rings. The molecule has 2 aliphatic rings. The van der Waals surface area contributed by atoms with Gasteiger partial charge < -0.3 is 10.2 Å². The lowest BCUT2D eigenvalue weighted by molar-refractivity contribution is 0.204. The first-order chi connectivity index (χ1) is 12.8. The molecule has 0 radical (unpaired) electrons. The average molecular weight is 363 g/mol. The number of thioether (sulfide) groups is 1. The van der Waals surface area contributed by atoms with E-state index in [9.17, 15) is 4.79 Å². The lowest BCUT2D eigenvalue weighted by Crippen LogP contribution is -2.52. The van der Waals surface area contributed by atoms with Gasteiger partial charge in [-0.1, -0.05) is 54.6 Å². The minimum absolute atomic E-state index is 0.0110. The number of nitrogens with zero attached hydrogens (tertiary/aromatic N) is 2. The molecule has 2 amide bonds. The Hall–Kier alpha value is -2.66. The largest absolute Gasteiger partial charge is 0.367 e. The minimum atomic E-state index is 0.0110. The van der Waals surface area contributed by atoms with E-state index >= 15 is 0 Å². The van der Waals surface area contributed by atoms with Gasteiger partial charge in [-0.05, 0) is 24.0 Å². The van der Waals surface area contributed by atoms with E-state index in [1.54, 1.807) is 11.8 Å². The second kappa shape index (κ2) is 7.30. The molecule has 2 aromatic carbocycles. The molecule has 2 aromatic rings. The zero-order valence-corrected chi connectivity index (χ0v) is 15.5. The normalized spacial score (nSPS) is 16.6. The van der Waals surface area contributed by atoms with E-state index in [0.717, 1.165) is 34.1 Å². The Morgan fingerprint density at radius 3 is 2.65 bits per heavy atom. The molecule has 0 saturated heterocycles. The van der Waals surface area contributed by atoms with Gasteiger partial charge in [0.05, 0.1) is 12.2 Å². The van der Waals surface area contributed by atoms with Crippen molar-refractivity contribution >= 4 is 23.5 Å². The summed E-state index contributed by atoms with van der Waals surface area (Å²) in [5.41, 5.74) is 3.21. The van der Waals surface area contributed by atoms with Gasteiger partial charge in [-0.2, -0.15) is 0 Å². The van der Waals surface area contributed by atoms with Crippen molar-refractivity contribution in [1.29, 1.82) is 0 Å². The predicted octanol–water partition coefficient (Wildman–Crippen LogP) is 4.22. The maximum atomic E-state index is 13.4. The van der Waals surface area contributed by atoms with Crippen molar-refractivity contribution in [1.82, 2.24) is 10.2 Å². The van der Waals surface area contributed by atoms with Crippen molar-refractivity contribution in [3.63, 3.8) is 0 Å². The van der Waals surface area contributed by atoms with Gasteiger partial charge in [0, 0.05) is 23.6 Å². The number of hydrogen-bond acceptors (Lipinski definition) is 3. The molecule has 0 spiro atoms. The SMILES string of the molecule is CSc1ccccc1N1C(=O)N(Cc2ccccc2)CC2=C1NCC=C2. The van der Waals surface area contributed by atoms with Crippen molar-refractivity contribution < 1.29 is 4.79 Å². The molecule has 4 rings (SSSR count). The zero-order chi connectivity index (χ0) is 17.9. The molecule has 132 valence electrons. The van der Waals surface area contributed by atoms with Gasteiger partial charge in [-0.25, -0.2) is 9.69 Å². The van der Waals surface area contributed by atoms with E-state index in [-0.39, 0.29) is 6.03 Å². The summed E-state index contributed by atoms with van der Waals surface area (Å²) in [6.07, 6.45) is 6.28. The highest BCUT2D eigenvalue weighted by molar-refractivity contribution is 7.98. The van der Waals surface area contributed by atoms with Crippen molar-refractivity contribution in [3.05, 3.63) is 83.7 Å². The van der Waals surface area contributed by atoms with Crippen LogP contribution in [0.15, 0.2) is 83.0 Å². The first-order valence-corrected chi connectivity index (χ1v) is 9.90. The number of hydrogen-bond donors (Lipinski definition) is 1. The molecule has 0 bridgehead atoms. The van der Waals surface area contributed by atoms with Crippen LogP contribution in [-0.4, -0.2) is 30.3 Å². The molecule has 0 saturated carbocycles. The lowest BCUT2D eigenvalue weighted by Gasteiger charge is -2.40. The molecule has 4 nitrogen and oxygen atoms in total. The van der Waals surface area contributed by atoms with E-state index < -0.39 is 0 Å². The number of para-hydroxylation sites is 1. The van der Waals surface area contributed by atoms with Gasteiger partial charge >= 0.3 is 6.03 Å². The summed E-state index contributed by atoms with van der Waals surface area (Å²) in [6, 6.07) is 18.2. The molecule has 5 heteroatoms. The first-order valence-electron chi connectivity index (χ1n) is 8.67. The smallest absolute Gasteiger partial charge is 0.330 e. The standard InChI is InChI=1S/C21H21N3OS/c1-26-19-12-6-5-11-18(19)24-20-17(10-7-13-22-20)15-23(21(24)25)14-16-8-3-2-4-9-16/h2-12,22H,13-15H2,1H3. The van der Waals surface area contributed by atoms with Crippen molar-refractivity contribution in [2.45, 2.75) is 11.4 Å². The molecular formula is C21H21N3OS. The van der Waals surface area contributed by atoms with Gasteiger partial charge in [0.2, 0.25) is 0 Å². The Morgan fingerprint density at radius 2 is 1.85 bits per heavy atom. The number of nitrogens with one attached hydrogen (secondary N) is 1. The van der Waals surface area contributed by atoms with Crippen LogP contribution in [0.25, 0.3) is 0 Å². The number of rotatable bonds is 4.